The highest BCUT2D eigenvalue weighted by Crippen LogP contribution is 2.28. The minimum absolute atomic E-state index is 0.0991. The number of thioether (sulfide) groups is 1. The Morgan fingerprint density at radius 1 is 1.06 bits per heavy atom. The summed E-state index contributed by atoms with van der Waals surface area (Å²) < 4.78 is 1.43. The Bertz CT molecular complexity index is 1350. The molecule has 0 aliphatic heterocycles. The summed E-state index contributed by atoms with van der Waals surface area (Å²) in [7, 11) is 0. The van der Waals surface area contributed by atoms with Gasteiger partial charge in [0.25, 0.3) is 5.56 Å². The van der Waals surface area contributed by atoms with Crippen molar-refractivity contribution in [2.45, 2.75) is 18.6 Å². The SMILES string of the molecule is Cc1ccc(CNC(=O)CSc2nc3ccccc3c(=O)n2-c2ccc(Cl)cc2Cl)cc1. The van der Waals surface area contributed by atoms with Gasteiger partial charge in [-0.25, -0.2) is 4.98 Å². The fourth-order valence-electron chi connectivity index (χ4n) is 3.17. The number of hydrogen-bond acceptors (Lipinski definition) is 4. The van der Waals surface area contributed by atoms with Gasteiger partial charge < -0.3 is 5.32 Å². The number of amides is 1. The van der Waals surface area contributed by atoms with Crippen molar-refractivity contribution in [1.29, 1.82) is 0 Å². The number of nitrogens with one attached hydrogen (secondary N) is 1. The zero-order valence-corrected chi connectivity index (χ0v) is 19.5. The molecule has 0 saturated heterocycles. The van der Waals surface area contributed by atoms with Crippen molar-refractivity contribution in [3.63, 3.8) is 0 Å². The van der Waals surface area contributed by atoms with Gasteiger partial charge in [-0.05, 0) is 42.8 Å². The van der Waals surface area contributed by atoms with Crippen molar-refractivity contribution >= 4 is 51.8 Å². The van der Waals surface area contributed by atoms with Crippen LogP contribution in [0.4, 0.5) is 0 Å². The Kier molecular flexibility index (Phi) is 6.84. The lowest BCUT2D eigenvalue weighted by molar-refractivity contribution is -0.118. The Hall–Kier alpha value is -2.80. The maximum Gasteiger partial charge on any atom is 0.266 e. The molecule has 0 spiro atoms. The monoisotopic (exact) mass is 483 g/mol. The van der Waals surface area contributed by atoms with Crippen LogP contribution in [0.5, 0.6) is 0 Å². The van der Waals surface area contributed by atoms with Gasteiger partial charge in [-0.15, -0.1) is 0 Å². The molecule has 0 radical (unpaired) electrons. The molecular formula is C24H19Cl2N3O2S. The minimum Gasteiger partial charge on any atom is -0.351 e. The Balaban J connectivity index is 1.61. The van der Waals surface area contributed by atoms with E-state index in [0.29, 0.717) is 38.3 Å². The van der Waals surface area contributed by atoms with Crippen LogP contribution < -0.4 is 10.9 Å². The number of fused-ring (bicyclic) bond motifs is 1. The molecule has 1 heterocycles. The number of halogens is 2. The van der Waals surface area contributed by atoms with Gasteiger partial charge in [0.1, 0.15) is 0 Å². The molecule has 5 nitrogen and oxygen atoms in total. The summed E-state index contributed by atoms with van der Waals surface area (Å²) in [5, 5.41) is 4.53. The lowest BCUT2D eigenvalue weighted by Crippen LogP contribution is -2.26. The Labute approximate surface area is 199 Å². The van der Waals surface area contributed by atoms with Gasteiger partial charge in [-0.1, -0.05) is 76.9 Å². The van der Waals surface area contributed by atoms with E-state index in [4.69, 9.17) is 23.2 Å². The van der Waals surface area contributed by atoms with E-state index in [1.54, 1.807) is 36.4 Å². The second-order valence-corrected chi connectivity index (χ2v) is 8.98. The molecule has 32 heavy (non-hydrogen) atoms. The summed E-state index contributed by atoms with van der Waals surface area (Å²) in [6, 6.07) is 20.0. The van der Waals surface area contributed by atoms with Crippen LogP contribution >= 0.6 is 35.0 Å². The molecule has 1 amide bonds. The molecule has 4 aromatic rings. The number of nitrogens with zero attached hydrogens (tertiary/aromatic N) is 2. The zero-order valence-electron chi connectivity index (χ0n) is 17.1. The highest BCUT2D eigenvalue weighted by molar-refractivity contribution is 7.99. The molecule has 8 heteroatoms. The van der Waals surface area contributed by atoms with Crippen molar-refractivity contribution in [1.82, 2.24) is 14.9 Å². The fraction of sp³-hybridized carbons (Fsp3) is 0.125. The molecule has 162 valence electrons. The predicted octanol–water partition coefficient (Wildman–Crippen LogP) is 5.41. The van der Waals surface area contributed by atoms with Gasteiger partial charge in [0.05, 0.1) is 27.4 Å². The number of rotatable bonds is 6. The van der Waals surface area contributed by atoms with Gasteiger partial charge >= 0.3 is 0 Å². The van der Waals surface area contributed by atoms with Gasteiger partial charge in [0.15, 0.2) is 5.16 Å². The standard InChI is InChI=1S/C24H19Cl2N3O2S/c1-15-6-8-16(9-7-15)13-27-22(30)14-32-24-28-20-5-3-2-4-18(20)23(31)29(24)21-11-10-17(25)12-19(21)26/h2-12H,13-14H2,1H3,(H,27,30). The zero-order chi connectivity index (χ0) is 22.7. The molecular weight excluding hydrogens is 465 g/mol. The van der Waals surface area contributed by atoms with Crippen LogP contribution in [0.1, 0.15) is 11.1 Å². The molecule has 0 atom stereocenters. The fourth-order valence-corrected chi connectivity index (χ4v) is 4.50. The van der Waals surface area contributed by atoms with Crippen molar-refractivity contribution in [3.8, 4) is 5.69 Å². The second-order valence-electron chi connectivity index (χ2n) is 7.20. The summed E-state index contributed by atoms with van der Waals surface area (Å²) in [6.07, 6.45) is 0. The van der Waals surface area contributed by atoms with E-state index in [9.17, 15) is 9.59 Å². The first-order valence-corrected chi connectivity index (χ1v) is 11.6. The Morgan fingerprint density at radius 2 is 1.81 bits per heavy atom. The number of benzene rings is 3. The maximum absolute atomic E-state index is 13.3. The second kappa shape index (κ2) is 9.77. The number of aryl methyl sites for hydroxylation is 1. The molecule has 0 unspecified atom stereocenters. The normalized spacial score (nSPS) is 11.0. The molecule has 0 saturated carbocycles. The summed E-state index contributed by atoms with van der Waals surface area (Å²) in [6.45, 7) is 2.45. The molecule has 3 aromatic carbocycles. The largest absolute Gasteiger partial charge is 0.351 e. The third kappa shape index (κ3) is 4.99. The third-order valence-electron chi connectivity index (χ3n) is 4.84. The smallest absolute Gasteiger partial charge is 0.266 e. The first-order valence-electron chi connectivity index (χ1n) is 9.84. The van der Waals surface area contributed by atoms with E-state index in [2.05, 4.69) is 10.3 Å². The van der Waals surface area contributed by atoms with E-state index >= 15 is 0 Å². The van der Waals surface area contributed by atoms with Crippen molar-refractivity contribution in [3.05, 3.63) is 98.3 Å². The highest BCUT2D eigenvalue weighted by Gasteiger charge is 2.17. The molecule has 1 N–H and O–H groups in total. The summed E-state index contributed by atoms with van der Waals surface area (Å²) in [5.41, 5.74) is 2.94. The molecule has 0 bridgehead atoms. The number of carbonyl (C=O) groups is 1. The van der Waals surface area contributed by atoms with E-state index in [1.807, 2.05) is 37.3 Å². The van der Waals surface area contributed by atoms with Crippen LogP contribution in [0.3, 0.4) is 0 Å². The number of hydrogen-bond donors (Lipinski definition) is 1. The molecule has 1 aromatic heterocycles. The molecule has 0 aliphatic carbocycles. The molecule has 0 fully saturated rings. The van der Waals surface area contributed by atoms with Crippen molar-refractivity contribution in [2.24, 2.45) is 0 Å². The average molecular weight is 484 g/mol. The van der Waals surface area contributed by atoms with E-state index in [0.717, 1.165) is 11.1 Å². The molecule has 0 aliphatic rings. The van der Waals surface area contributed by atoms with Gasteiger partial charge in [-0.2, -0.15) is 0 Å². The number of aromatic nitrogens is 2. The van der Waals surface area contributed by atoms with Crippen LogP contribution in [0.25, 0.3) is 16.6 Å². The first kappa shape index (κ1) is 22.4. The van der Waals surface area contributed by atoms with Crippen LogP contribution in [-0.4, -0.2) is 21.2 Å². The van der Waals surface area contributed by atoms with E-state index in [-0.39, 0.29) is 17.2 Å². The quantitative estimate of drug-likeness (QED) is 0.294. The predicted molar refractivity (Wildman–Crippen MR) is 131 cm³/mol. The highest BCUT2D eigenvalue weighted by atomic mass is 35.5. The first-order chi connectivity index (χ1) is 15.4. The lowest BCUT2D eigenvalue weighted by atomic mass is 10.1. The van der Waals surface area contributed by atoms with Crippen LogP contribution in [0, 0.1) is 6.92 Å². The summed E-state index contributed by atoms with van der Waals surface area (Å²) >= 11 is 13.6. The van der Waals surface area contributed by atoms with Crippen molar-refractivity contribution in [2.75, 3.05) is 5.75 Å². The van der Waals surface area contributed by atoms with Crippen LogP contribution in [0.2, 0.25) is 10.0 Å². The van der Waals surface area contributed by atoms with Crippen molar-refractivity contribution < 1.29 is 4.79 Å². The summed E-state index contributed by atoms with van der Waals surface area (Å²) in [5.74, 6) is -0.0614. The summed E-state index contributed by atoms with van der Waals surface area (Å²) in [4.78, 5) is 30.4. The van der Waals surface area contributed by atoms with E-state index in [1.165, 1.54) is 16.3 Å². The number of carbonyl (C=O) groups excluding carboxylic acids is 1. The molecule has 4 rings (SSSR count). The maximum atomic E-state index is 13.3. The number of para-hydroxylation sites is 1. The van der Waals surface area contributed by atoms with Gasteiger partial charge in [0.2, 0.25) is 5.91 Å². The van der Waals surface area contributed by atoms with Gasteiger partial charge in [-0.3, -0.25) is 14.2 Å². The topological polar surface area (TPSA) is 64.0 Å². The lowest BCUT2D eigenvalue weighted by Gasteiger charge is -2.14. The average Bonchev–Trinajstić information content (AvgIpc) is 2.78. The van der Waals surface area contributed by atoms with Gasteiger partial charge in [0, 0.05) is 11.6 Å². The third-order valence-corrected chi connectivity index (χ3v) is 6.31. The van der Waals surface area contributed by atoms with Crippen LogP contribution in [0.15, 0.2) is 76.7 Å². The van der Waals surface area contributed by atoms with E-state index < -0.39 is 0 Å². The van der Waals surface area contributed by atoms with Crippen LogP contribution in [-0.2, 0) is 11.3 Å². The Morgan fingerprint density at radius 3 is 2.56 bits per heavy atom. The minimum atomic E-state index is -0.262.